The fraction of sp³-hybridized carbons (Fsp3) is 0.261. The number of hydrogen-bond donors (Lipinski definition) is 2. The fourth-order valence-corrected chi connectivity index (χ4v) is 3.59. The lowest BCUT2D eigenvalue weighted by Gasteiger charge is -2.17. The Bertz CT molecular complexity index is 990. The summed E-state index contributed by atoms with van der Waals surface area (Å²) >= 11 is 0. The maximum atomic E-state index is 12.7. The standard InChI is InChI=1S/C23H25N5O/c1-16-6-5-7-17(2)21(16)27-23-24-13-12-20(26-23)22(29)25-18-8-10-19(11-9-18)28-14-3-4-15-28/h5-13H,3-4,14-15H2,1-2H3,(H,25,29)(H,24,26,27). The number of carbonyl (C=O) groups is 1. The summed E-state index contributed by atoms with van der Waals surface area (Å²) in [5.74, 6) is 0.144. The van der Waals surface area contributed by atoms with E-state index < -0.39 is 0 Å². The van der Waals surface area contributed by atoms with Crippen molar-refractivity contribution in [3.63, 3.8) is 0 Å². The van der Waals surface area contributed by atoms with Crippen molar-refractivity contribution < 1.29 is 4.79 Å². The summed E-state index contributed by atoms with van der Waals surface area (Å²) in [5.41, 5.74) is 5.42. The van der Waals surface area contributed by atoms with Gasteiger partial charge in [0.15, 0.2) is 0 Å². The van der Waals surface area contributed by atoms with Gasteiger partial charge in [0.25, 0.3) is 5.91 Å². The van der Waals surface area contributed by atoms with Crippen LogP contribution in [0.2, 0.25) is 0 Å². The monoisotopic (exact) mass is 387 g/mol. The molecule has 0 unspecified atom stereocenters. The van der Waals surface area contributed by atoms with E-state index in [2.05, 4.69) is 37.6 Å². The highest BCUT2D eigenvalue weighted by molar-refractivity contribution is 6.03. The molecule has 6 nitrogen and oxygen atoms in total. The van der Waals surface area contributed by atoms with Crippen LogP contribution in [0.15, 0.2) is 54.7 Å². The summed E-state index contributed by atoms with van der Waals surface area (Å²) in [5, 5.41) is 6.14. The quantitative estimate of drug-likeness (QED) is 0.665. The molecule has 0 bridgehead atoms. The molecule has 148 valence electrons. The van der Waals surface area contributed by atoms with Gasteiger partial charge in [0, 0.05) is 36.3 Å². The molecule has 2 N–H and O–H groups in total. The number of hydrogen-bond acceptors (Lipinski definition) is 5. The van der Waals surface area contributed by atoms with Crippen LogP contribution in [0.1, 0.15) is 34.5 Å². The van der Waals surface area contributed by atoms with Gasteiger partial charge in [-0.1, -0.05) is 18.2 Å². The van der Waals surface area contributed by atoms with Crippen molar-refractivity contribution in [2.24, 2.45) is 0 Å². The van der Waals surface area contributed by atoms with Crippen LogP contribution in [0.4, 0.5) is 23.0 Å². The molecule has 1 fully saturated rings. The lowest BCUT2D eigenvalue weighted by molar-refractivity contribution is 0.102. The van der Waals surface area contributed by atoms with Crippen LogP contribution in [0.5, 0.6) is 0 Å². The minimum Gasteiger partial charge on any atom is -0.372 e. The number of carbonyl (C=O) groups excluding carboxylic acids is 1. The maximum absolute atomic E-state index is 12.7. The second-order valence-electron chi connectivity index (χ2n) is 7.35. The lowest BCUT2D eigenvalue weighted by atomic mass is 10.1. The number of aryl methyl sites for hydroxylation is 2. The second-order valence-corrected chi connectivity index (χ2v) is 7.35. The Morgan fingerprint density at radius 2 is 1.66 bits per heavy atom. The number of anilines is 4. The summed E-state index contributed by atoms with van der Waals surface area (Å²) in [6, 6.07) is 15.6. The van der Waals surface area contributed by atoms with Crippen LogP contribution < -0.4 is 15.5 Å². The minimum atomic E-state index is -0.258. The van der Waals surface area contributed by atoms with E-state index in [0.717, 1.165) is 35.6 Å². The van der Waals surface area contributed by atoms with Crippen LogP contribution in [-0.4, -0.2) is 29.0 Å². The van der Waals surface area contributed by atoms with Gasteiger partial charge < -0.3 is 15.5 Å². The third-order valence-electron chi connectivity index (χ3n) is 5.20. The molecule has 1 aromatic heterocycles. The van der Waals surface area contributed by atoms with Gasteiger partial charge in [0.2, 0.25) is 5.95 Å². The molecule has 2 heterocycles. The second kappa shape index (κ2) is 8.31. The molecule has 29 heavy (non-hydrogen) atoms. The summed E-state index contributed by atoms with van der Waals surface area (Å²) in [4.78, 5) is 23.7. The van der Waals surface area contributed by atoms with E-state index >= 15 is 0 Å². The Morgan fingerprint density at radius 3 is 2.34 bits per heavy atom. The van der Waals surface area contributed by atoms with E-state index in [-0.39, 0.29) is 5.91 Å². The molecule has 1 amide bonds. The molecular weight excluding hydrogens is 362 g/mol. The molecule has 0 aliphatic carbocycles. The molecule has 0 saturated carbocycles. The van der Waals surface area contributed by atoms with E-state index in [9.17, 15) is 4.79 Å². The average molecular weight is 387 g/mol. The van der Waals surface area contributed by atoms with Crippen LogP contribution in [0.3, 0.4) is 0 Å². The van der Waals surface area contributed by atoms with E-state index in [0.29, 0.717) is 11.6 Å². The minimum absolute atomic E-state index is 0.258. The molecule has 0 atom stereocenters. The number of para-hydroxylation sites is 1. The van der Waals surface area contributed by atoms with Crippen molar-refractivity contribution >= 4 is 28.9 Å². The molecule has 3 aromatic rings. The molecule has 0 radical (unpaired) electrons. The summed E-state index contributed by atoms with van der Waals surface area (Å²) in [7, 11) is 0. The highest BCUT2D eigenvalue weighted by Crippen LogP contribution is 2.24. The number of benzene rings is 2. The van der Waals surface area contributed by atoms with E-state index in [4.69, 9.17) is 0 Å². The van der Waals surface area contributed by atoms with Gasteiger partial charge in [0.1, 0.15) is 5.69 Å². The van der Waals surface area contributed by atoms with Crippen molar-refractivity contribution in [3.8, 4) is 0 Å². The summed E-state index contributed by atoms with van der Waals surface area (Å²) in [6.45, 7) is 6.25. The van der Waals surface area contributed by atoms with Crippen molar-refractivity contribution in [3.05, 3.63) is 71.5 Å². The zero-order valence-electron chi connectivity index (χ0n) is 16.8. The summed E-state index contributed by atoms with van der Waals surface area (Å²) < 4.78 is 0. The molecule has 4 rings (SSSR count). The Morgan fingerprint density at radius 1 is 0.966 bits per heavy atom. The van der Waals surface area contributed by atoms with Crippen LogP contribution in [0, 0.1) is 13.8 Å². The van der Waals surface area contributed by atoms with Crippen LogP contribution in [0.25, 0.3) is 0 Å². The van der Waals surface area contributed by atoms with Crippen molar-refractivity contribution in [2.45, 2.75) is 26.7 Å². The molecule has 1 aliphatic heterocycles. The normalized spacial score (nSPS) is 13.4. The first-order valence-corrected chi connectivity index (χ1v) is 9.93. The third-order valence-corrected chi connectivity index (χ3v) is 5.20. The number of nitrogens with zero attached hydrogens (tertiary/aromatic N) is 3. The highest BCUT2D eigenvalue weighted by atomic mass is 16.1. The number of aromatic nitrogens is 2. The first kappa shape index (κ1) is 18.9. The van der Waals surface area contributed by atoms with Gasteiger partial charge >= 0.3 is 0 Å². The number of nitrogens with one attached hydrogen (secondary N) is 2. The van der Waals surface area contributed by atoms with Gasteiger partial charge in [0.05, 0.1) is 0 Å². The first-order chi connectivity index (χ1) is 14.1. The predicted octanol–water partition coefficient (Wildman–Crippen LogP) is 4.69. The Balaban J connectivity index is 1.46. The number of amides is 1. The Labute approximate surface area is 171 Å². The van der Waals surface area contributed by atoms with Crippen molar-refractivity contribution in [2.75, 3.05) is 28.6 Å². The third kappa shape index (κ3) is 4.37. The molecule has 2 aromatic carbocycles. The first-order valence-electron chi connectivity index (χ1n) is 9.93. The molecule has 1 saturated heterocycles. The Kier molecular flexibility index (Phi) is 5.42. The van der Waals surface area contributed by atoms with Gasteiger partial charge in [-0.05, 0) is 68.1 Å². The van der Waals surface area contributed by atoms with Crippen molar-refractivity contribution in [1.82, 2.24) is 9.97 Å². The zero-order chi connectivity index (χ0) is 20.2. The van der Waals surface area contributed by atoms with Gasteiger partial charge in [-0.3, -0.25) is 4.79 Å². The lowest BCUT2D eigenvalue weighted by Crippen LogP contribution is -2.18. The van der Waals surface area contributed by atoms with Crippen LogP contribution in [-0.2, 0) is 0 Å². The fourth-order valence-electron chi connectivity index (χ4n) is 3.59. The topological polar surface area (TPSA) is 70.2 Å². The average Bonchev–Trinajstić information content (AvgIpc) is 3.26. The zero-order valence-corrected chi connectivity index (χ0v) is 16.8. The largest absolute Gasteiger partial charge is 0.372 e. The van der Waals surface area contributed by atoms with E-state index in [1.807, 2.05) is 44.2 Å². The molecule has 1 aliphatic rings. The SMILES string of the molecule is Cc1cccc(C)c1Nc1nccc(C(=O)Nc2ccc(N3CCCC3)cc2)n1. The predicted molar refractivity (Wildman–Crippen MR) is 117 cm³/mol. The van der Waals surface area contributed by atoms with Crippen LogP contribution >= 0.6 is 0 Å². The van der Waals surface area contributed by atoms with Crippen molar-refractivity contribution in [1.29, 1.82) is 0 Å². The van der Waals surface area contributed by atoms with Gasteiger partial charge in [-0.25, -0.2) is 9.97 Å². The van der Waals surface area contributed by atoms with E-state index in [1.54, 1.807) is 12.3 Å². The van der Waals surface area contributed by atoms with Gasteiger partial charge in [-0.2, -0.15) is 0 Å². The Hall–Kier alpha value is -3.41. The van der Waals surface area contributed by atoms with Gasteiger partial charge in [-0.15, -0.1) is 0 Å². The maximum Gasteiger partial charge on any atom is 0.274 e. The summed E-state index contributed by atoms with van der Waals surface area (Å²) in [6.07, 6.45) is 4.07. The number of rotatable bonds is 5. The molecule has 0 spiro atoms. The molecular formula is C23H25N5O. The smallest absolute Gasteiger partial charge is 0.274 e. The van der Waals surface area contributed by atoms with E-state index in [1.165, 1.54) is 18.5 Å². The molecule has 6 heteroatoms. The highest BCUT2D eigenvalue weighted by Gasteiger charge is 2.13.